The molecule has 0 bridgehead atoms. The fourth-order valence-corrected chi connectivity index (χ4v) is 3.42. The van der Waals surface area contributed by atoms with Crippen molar-refractivity contribution in [2.45, 2.75) is 64.6 Å². The van der Waals surface area contributed by atoms with E-state index in [0.29, 0.717) is 18.1 Å². The third-order valence-corrected chi connectivity index (χ3v) is 4.91. The van der Waals surface area contributed by atoms with Gasteiger partial charge in [0.1, 0.15) is 0 Å². The van der Waals surface area contributed by atoms with Crippen molar-refractivity contribution in [3.63, 3.8) is 0 Å². The number of hydrogen-bond donors (Lipinski definition) is 1. The highest BCUT2D eigenvalue weighted by molar-refractivity contribution is 5.27. The van der Waals surface area contributed by atoms with Crippen molar-refractivity contribution in [3.8, 4) is 0 Å². The van der Waals surface area contributed by atoms with Crippen LogP contribution in [0.15, 0.2) is 0 Å². The van der Waals surface area contributed by atoms with Crippen LogP contribution in [0.1, 0.15) is 55.6 Å². The number of aromatic nitrogens is 2. The Morgan fingerprint density at radius 2 is 1.84 bits per heavy atom. The average Bonchev–Trinajstić information content (AvgIpc) is 2.62. The molecule has 1 saturated carbocycles. The summed E-state index contributed by atoms with van der Waals surface area (Å²) in [5.41, 5.74) is 9.83. The van der Waals surface area contributed by atoms with Crippen molar-refractivity contribution >= 4 is 0 Å². The van der Waals surface area contributed by atoms with Gasteiger partial charge in [-0.2, -0.15) is 5.10 Å². The molecule has 1 aliphatic rings. The lowest BCUT2D eigenvalue weighted by molar-refractivity contribution is 0.140. The van der Waals surface area contributed by atoms with Crippen LogP contribution < -0.4 is 5.73 Å². The van der Waals surface area contributed by atoms with Crippen molar-refractivity contribution in [1.82, 2.24) is 14.7 Å². The molecule has 1 aromatic heterocycles. The summed E-state index contributed by atoms with van der Waals surface area (Å²) in [6.07, 6.45) is 4.76. The minimum absolute atomic E-state index is 0.418. The SMILES string of the molecule is Cc1nn(C)c(C)c1C(C)N(C)C1CCC(N)CC1. The Morgan fingerprint density at radius 1 is 1.26 bits per heavy atom. The van der Waals surface area contributed by atoms with Gasteiger partial charge in [-0.15, -0.1) is 0 Å². The number of hydrogen-bond acceptors (Lipinski definition) is 3. The van der Waals surface area contributed by atoms with Crippen LogP contribution in [0.5, 0.6) is 0 Å². The normalized spacial score (nSPS) is 25.8. The van der Waals surface area contributed by atoms with Crippen LogP contribution in [0.4, 0.5) is 0 Å². The van der Waals surface area contributed by atoms with Gasteiger partial charge in [0.25, 0.3) is 0 Å². The van der Waals surface area contributed by atoms with Crippen molar-refractivity contribution < 1.29 is 0 Å². The third kappa shape index (κ3) is 2.84. The zero-order valence-electron chi connectivity index (χ0n) is 13.0. The van der Waals surface area contributed by atoms with E-state index in [9.17, 15) is 0 Å². The van der Waals surface area contributed by atoms with Crippen LogP contribution in [-0.2, 0) is 7.05 Å². The van der Waals surface area contributed by atoms with E-state index in [0.717, 1.165) is 18.5 Å². The van der Waals surface area contributed by atoms with Gasteiger partial charge in [-0.1, -0.05) is 0 Å². The van der Waals surface area contributed by atoms with Gasteiger partial charge in [0.05, 0.1) is 5.69 Å². The minimum atomic E-state index is 0.418. The maximum atomic E-state index is 6.00. The molecular weight excluding hydrogens is 236 g/mol. The molecule has 19 heavy (non-hydrogen) atoms. The van der Waals surface area contributed by atoms with Gasteiger partial charge in [-0.05, 0) is 53.5 Å². The third-order valence-electron chi connectivity index (χ3n) is 4.91. The van der Waals surface area contributed by atoms with Crippen LogP contribution in [0, 0.1) is 13.8 Å². The van der Waals surface area contributed by atoms with Crippen molar-refractivity contribution in [3.05, 3.63) is 17.0 Å². The molecule has 1 heterocycles. The summed E-state index contributed by atoms with van der Waals surface area (Å²) in [6.45, 7) is 6.57. The smallest absolute Gasteiger partial charge is 0.0644 e. The fraction of sp³-hybridized carbons (Fsp3) is 0.800. The van der Waals surface area contributed by atoms with E-state index in [2.05, 4.69) is 37.8 Å². The maximum absolute atomic E-state index is 6.00. The molecule has 1 fully saturated rings. The standard InChI is InChI=1S/C15H28N4/c1-10-15(12(3)19(5)17-10)11(2)18(4)14-8-6-13(16)7-9-14/h11,13-14H,6-9,16H2,1-5H3. The number of nitrogens with zero attached hydrogens (tertiary/aromatic N) is 3. The topological polar surface area (TPSA) is 47.1 Å². The lowest BCUT2D eigenvalue weighted by Crippen LogP contribution is -2.40. The number of rotatable bonds is 3. The van der Waals surface area contributed by atoms with Crippen molar-refractivity contribution in [2.24, 2.45) is 12.8 Å². The molecule has 1 unspecified atom stereocenters. The largest absolute Gasteiger partial charge is 0.328 e. The van der Waals surface area contributed by atoms with Gasteiger partial charge in [0.15, 0.2) is 0 Å². The summed E-state index contributed by atoms with van der Waals surface area (Å²) in [4.78, 5) is 2.52. The van der Waals surface area contributed by atoms with Crippen molar-refractivity contribution in [2.75, 3.05) is 7.05 Å². The molecule has 0 aromatic carbocycles. The minimum Gasteiger partial charge on any atom is -0.328 e. The first kappa shape index (κ1) is 14.5. The van der Waals surface area contributed by atoms with E-state index in [4.69, 9.17) is 5.73 Å². The van der Waals surface area contributed by atoms with Gasteiger partial charge in [-0.25, -0.2) is 0 Å². The van der Waals surface area contributed by atoms with E-state index in [1.165, 1.54) is 24.1 Å². The monoisotopic (exact) mass is 264 g/mol. The zero-order chi connectivity index (χ0) is 14.2. The Balaban J connectivity index is 2.12. The highest BCUT2D eigenvalue weighted by Gasteiger charge is 2.27. The predicted octanol–water partition coefficient (Wildman–Crippen LogP) is 2.30. The summed E-state index contributed by atoms with van der Waals surface area (Å²) in [7, 11) is 4.27. The molecule has 4 nitrogen and oxygen atoms in total. The Bertz CT molecular complexity index is 430. The average molecular weight is 264 g/mol. The van der Waals surface area contributed by atoms with Crippen LogP contribution in [0.2, 0.25) is 0 Å². The first-order valence-electron chi connectivity index (χ1n) is 7.39. The second-order valence-corrected chi connectivity index (χ2v) is 6.12. The Hall–Kier alpha value is -0.870. The molecular formula is C15H28N4. The molecule has 2 rings (SSSR count). The summed E-state index contributed by atoms with van der Waals surface area (Å²) in [5, 5.41) is 4.54. The first-order chi connectivity index (χ1) is 8.91. The van der Waals surface area contributed by atoms with Crippen molar-refractivity contribution in [1.29, 1.82) is 0 Å². The molecule has 0 amide bonds. The van der Waals surface area contributed by atoms with E-state index >= 15 is 0 Å². The van der Waals surface area contributed by atoms with E-state index in [-0.39, 0.29) is 0 Å². The lowest BCUT2D eigenvalue weighted by Gasteiger charge is -2.37. The van der Waals surface area contributed by atoms with Crippen LogP contribution in [-0.4, -0.2) is 33.8 Å². The summed E-state index contributed by atoms with van der Waals surface area (Å²) in [5.74, 6) is 0. The first-order valence-corrected chi connectivity index (χ1v) is 7.39. The van der Waals surface area contributed by atoms with Gasteiger partial charge in [0, 0.05) is 36.4 Å². The van der Waals surface area contributed by atoms with Gasteiger partial charge >= 0.3 is 0 Å². The van der Waals surface area contributed by atoms with Crippen LogP contribution in [0.25, 0.3) is 0 Å². The summed E-state index contributed by atoms with van der Waals surface area (Å²) in [6, 6.07) is 1.50. The molecule has 0 saturated heterocycles. The molecule has 0 aliphatic heterocycles. The highest BCUT2D eigenvalue weighted by atomic mass is 15.3. The predicted molar refractivity (Wildman–Crippen MR) is 79.1 cm³/mol. The molecule has 1 atom stereocenters. The molecule has 0 radical (unpaired) electrons. The molecule has 0 spiro atoms. The van der Waals surface area contributed by atoms with Gasteiger partial charge < -0.3 is 5.73 Å². The maximum Gasteiger partial charge on any atom is 0.0644 e. The number of aryl methyl sites for hydroxylation is 2. The highest BCUT2D eigenvalue weighted by Crippen LogP contribution is 2.31. The number of nitrogens with two attached hydrogens (primary N) is 1. The van der Waals surface area contributed by atoms with Crippen LogP contribution in [0.3, 0.4) is 0 Å². The second-order valence-electron chi connectivity index (χ2n) is 6.12. The Labute approximate surface area is 117 Å². The van der Waals surface area contributed by atoms with Gasteiger partial charge in [-0.3, -0.25) is 9.58 Å². The summed E-state index contributed by atoms with van der Waals surface area (Å²) >= 11 is 0. The molecule has 2 N–H and O–H groups in total. The molecule has 1 aliphatic carbocycles. The van der Waals surface area contributed by atoms with E-state index < -0.39 is 0 Å². The Kier molecular flexibility index (Phi) is 4.31. The van der Waals surface area contributed by atoms with E-state index in [1.807, 2.05) is 11.7 Å². The fourth-order valence-electron chi connectivity index (χ4n) is 3.42. The van der Waals surface area contributed by atoms with Crippen LogP contribution >= 0.6 is 0 Å². The molecule has 108 valence electrons. The summed E-state index contributed by atoms with van der Waals surface area (Å²) < 4.78 is 1.99. The van der Waals surface area contributed by atoms with Gasteiger partial charge in [0.2, 0.25) is 0 Å². The van der Waals surface area contributed by atoms with E-state index in [1.54, 1.807) is 0 Å². The quantitative estimate of drug-likeness (QED) is 0.911. The lowest BCUT2D eigenvalue weighted by atomic mass is 9.89. The Morgan fingerprint density at radius 3 is 2.32 bits per heavy atom. The zero-order valence-corrected chi connectivity index (χ0v) is 13.0. The second kappa shape index (κ2) is 5.63. The molecule has 1 aromatic rings. The molecule has 4 heteroatoms.